The quantitative estimate of drug-likeness (QED) is 0.263. The van der Waals surface area contributed by atoms with E-state index in [0.29, 0.717) is 4.90 Å². The van der Waals surface area contributed by atoms with Crippen LogP contribution in [-0.4, -0.2) is 51.0 Å². The first kappa shape index (κ1) is 21.7. The van der Waals surface area contributed by atoms with Crippen LogP contribution in [-0.2, 0) is 16.3 Å². The van der Waals surface area contributed by atoms with Gasteiger partial charge >= 0.3 is 0 Å². The summed E-state index contributed by atoms with van der Waals surface area (Å²) in [6, 6.07) is 7.03. The number of rotatable bonds is 10. The van der Waals surface area contributed by atoms with Gasteiger partial charge in [0.05, 0.1) is 4.90 Å². The number of nitrogens with one attached hydrogen (secondary N) is 2. The number of thioether (sulfide) groups is 1. The Morgan fingerprint density at radius 3 is 2.67 bits per heavy atom. The molecule has 0 unspecified atom stereocenters. The molecule has 0 radical (unpaired) electrons. The zero-order valence-corrected chi connectivity index (χ0v) is 18.1. The van der Waals surface area contributed by atoms with Gasteiger partial charge in [-0.05, 0) is 37.5 Å². The molecule has 0 atom stereocenters. The minimum Gasteiger partial charge on any atom is -0.357 e. The molecule has 0 spiro atoms. The summed E-state index contributed by atoms with van der Waals surface area (Å²) >= 11 is 3.43. The van der Waals surface area contributed by atoms with Crippen LogP contribution in [0.4, 0.5) is 0 Å². The molecule has 0 amide bonds. The number of aromatic nitrogens is 1. The zero-order valence-electron chi connectivity index (χ0n) is 15.6. The molecule has 2 aromatic rings. The number of hydrogen-bond acceptors (Lipinski definition) is 6. The summed E-state index contributed by atoms with van der Waals surface area (Å²) in [6.45, 7) is 4.34. The summed E-state index contributed by atoms with van der Waals surface area (Å²) in [7, 11) is -3.14. The minimum absolute atomic E-state index is 0.352. The van der Waals surface area contributed by atoms with E-state index in [1.165, 1.54) is 6.26 Å². The Bertz CT molecular complexity index is 804. The van der Waals surface area contributed by atoms with E-state index in [0.717, 1.165) is 54.1 Å². The minimum atomic E-state index is -3.14. The number of nitrogens with zero attached hydrogens (tertiary/aromatic N) is 2. The van der Waals surface area contributed by atoms with Crippen molar-refractivity contribution in [3.8, 4) is 0 Å². The lowest BCUT2D eigenvalue weighted by Gasteiger charge is -2.11. The molecule has 2 N–H and O–H groups in total. The second-order valence-electron chi connectivity index (χ2n) is 5.85. The monoisotopic (exact) mass is 426 g/mol. The fourth-order valence-electron chi connectivity index (χ4n) is 2.27. The third-order valence-corrected chi connectivity index (χ3v) is 6.79. The van der Waals surface area contributed by atoms with E-state index in [9.17, 15) is 8.42 Å². The van der Waals surface area contributed by atoms with Crippen molar-refractivity contribution in [2.45, 2.75) is 29.0 Å². The number of hydrogen-bond donors (Lipinski definition) is 2. The van der Waals surface area contributed by atoms with Crippen LogP contribution < -0.4 is 10.6 Å². The van der Waals surface area contributed by atoms with Crippen molar-refractivity contribution in [1.82, 2.24) is 15.6 Å². The van der Waals surface area contributed by atoms with Crippen LogP contribution in [0.3, 0.4) is 0 Å². The number of aliphatic imine (C=N–C) groups is 1. The Morgan fingerprint density at radius 1 is 1.26 bits per heavy atom. The van der Waals surface area contributed by atoms with Gasteiger partial charge in [-0.2, -0.15) is 0 Å². The molecule has 0 aliphatic carbocycles. The highest BCUT2D eigenvalue weighted by Crippen LogP contribution is 2.20. The van der Waals surface area contributed by atoms with E-state index < -0.39 is 9.84 Å². The number of benzene rings is 1. The highest BCUT2D eigenvalue weighted by molar-refractivity contribution is 8.01. The number of guanidine groups is 1. The first-order chi connectivity index (χ1) is 13.0. The number of thiazole rings is 1. The summed E-state index contributed by atoms with van der Waals surface area (Å²) in [5.41, 5.74) is 1.09. The molecule has 6 nitrogen and oxygen atoms in total. The van der Waals surface area contributed by atoms with Gasteiger partial charge in [0.15, 0.2) is 15.8 Å². The predicted molar refractivity (Wildman–Crippen MR) is 115 cm³/mol. The van der Waals surface area contributed by atoms with Crippen molar-refractivity contribution < 1.29 is 8.42 Å². The summed E-state index contributed by atoms with van der Waals surface area (Å²) in [6.07, 6.45) is 4.84. The first-order valence-electron chi connectivity index (χ1n) is 8.82. The summed E-state index contributed by atoms with van der Waals surface area (Å²) in [5, 5.41) is 8.56. The molecule has 1 aromatic heterocycles. The van der Waals surface area contributed by atoms with E-state index >= 15 is 0 Å². The van der Waals surface area contributed by atoms with Gasteiger partial charge in [0.2, 0.25) is 0 Å². The van der Waals surface area contributed by atoms with Gasteiger partial charge in [-0.25, -0.2) is 13.4 Å². The zero-order chi connectivity index (χ0) is 19.5. The molecule has 9 heteroatoms. The Balaban J connectivity index is 1.72. The van der Waals surface area contributed by atoms with Crippen molar-refractivity contribution in [1.29, 1.82) is 0 Å². The highest BCUT2D eigenvalue weighted by Gasteiger charge is 2.06. The molecule has 148 valence electrons. The van der Waals surface area contributed by atoms with Crippen molar-refractivity contribution in [3.05, 3.63) is 41.4 Å². The van der Waals surface area contributed by atoms with E-state index in [1.807, 2.05) is 30.6 Å². The lowest BCUT2D eigenvalue weighted by molar-refractivity contribution is 0.602. The molecule has 1 aromatic carbocycles. The van der Waals surface area contributed by atoms with Gasteiger partial charge in [0.25, 0.3) is 0 Å². The van der Waals surface area contributed by atoms with Gasteiger partial charge in [-0.1, -0.05) is 23.9 Å². The maximum atomic E-state index is 11.5. The fourth-order valence-corrected chi connectivity index (χ4v) is 4.53. The summed E-state index contributed by atoms with van der Waals surface area (Å²) in [5.74, 6) is 1.81. The van der Waals surface area contributed by atoms with Crippen LogP contribution in [0.15, 0.2) is 50.1 Å². The van der Waals surface area contributed by atoms with Gasteiger partial charge in [0.1, 0.15) is 4.34 Å². The molecular weight excluding hydrogens is 400 g/mol. The van der Waals surface area contributed by atoms with Crippen LogP contribution in [0.1, 0.15) is 18.9 Å². The van der Waals surface area contributed by atoms with Gasteiger partial charge in [-0.3, -0.25) is 4.99 Å². The van der Waals surface area contributed by atoms with Gasteiger partial charge < -0.3 is 10.6 Å². The van der Waals surface area contributed by atoms with Crippen LogP contribution in [0, 0.1) is 0 Å². The predicted octanol–water partition coefficient (Wildman–Crippen LogP) is 2.83. The van der Waals surface area contributed by atoms with Gasteiger partial charge in [0, 0.05) is 43.2 Å². The normalized spacial score (nSPS) is 12.1. The Morgan fingerprint density at radius 2 is 2.04 bits per heavy atom. The maximum absolute atomic E-state index is 11.5. The van der Waals surface area contributed by atoms with Crippen LogP contribution in [0.2, 0.25) is 0 Å². The second kappa shape index (κ2) is 11.3. The maximum Gasteiger partial charge on any atom is 0.191 e. The van der Waals surface area contributed by atoms with E-state index in [1.54, 1.807) is 35.2 Å². The lowest BCUT2D eigenvalue weighted by atomic mass is 10.1. The molecule has 0 saturated heterocycles. The third-order valence-electron chi connectivity index (χ3n) is 3.61. The van der Waals surface area contributed by atoms with Crippen molar-refractivity contribution in [3.63, 3.8) is 0 Å². The fraction of sp³-hybridized carbons (Fsp3) is 0.444. The molecule has 0 saturated carbocycles. The van der Waals surface area contributed by atoms with Gasteiger partial charge in [-0.15, -0.1) is 11.3 Å². The Hall–Kier alpha value is -1.58. The van der Waals surface area contributed by atoms with Crippen LogP contribution in [0.5, 0.6) is 0 Å². The molecule has 1 heterocycles. The Kier molecular flexibility index (Phi) is 9.09. The average molecular weight is 427 g/mol. The molecule has 0 aliphatic heterocycles. The molecule has 0 bridgehead atoms. The first-order valence-corrected chi connectivity index (χ1v) is 12.6. The topological polar surface area (TPSA) is 83.4 Å². The van der Waals surface area contributed by atoms with Crippen LogP contribution in [0.25, 0.3) is 0 Å². The molecule has 27 heavy (non-hydrogen) atoms. The van der Waals surface area contributed by atoms with Crippen molar-refractivity contribution in [2.24, 2.45) is 4.99 Å². The van der Waals surface area contributed by atoms with Crippen LogP contribution >= 0.6 is 23.1 Å². The lowest BCUT2D eigenvalue weighted by Crippen LogP contribution is -2.38. The highest BCUT2D eigenvalue weighted by atomic mass is 32.2. The summed E-state index contributed by atoms with van der Waals surface area (Å²) in [4.78, 5) is 9.20. The average Bonchev–Trinajstić information content (AvgIpc) is 3.14. The second-order valence-corrected chi connectivity index (χ2v) is 10.1. The third kappa shape index (κ3) is 8.32. The van der Waals surface area contributed by atoms with Crippen molar-refractivity contribution >= 4 is 38.9 Å². The van der Waals surface area contributed by atoms with E-state index in [4.69, 9.17) is 0 Å². The molecule has 0 fully saturated rings. The molecule has 2 rings (SSSR count). The van der Waals surface area contributed by atoms with Crippen molar-refractivity contribution in [2.75, 3.05) is 31.6 Å². The standard InChI is InChI=1S/C18H26N4O2S3/c1-3-19-17(20-10-4-13-25-18-22-12-14-26-18)21-11-9-15-5-7-16(8-6-15)27(2,23)24/h5-8,12,14H,3-4,9-11,13H2,1-2H3,(H2,19,20,21). The smallest absolute Gasteiger partial charge is 0.191 e. The summed E-state index contributed by atoms with van der Waals surface area (Å²) < 4.78 is 24.1. The SMILES string of the molecule is CCNC(=NCCCSc1nccs1)NCCc1ccc(S(C)(=O)=O)cc1. The number of sulfone groups is 1. The molecular formula is C18H26N4O2S3. The molecule has 0 aliphatic rings. The van der Waals surface area contributed by atoms with E-state index in [-0.39, 0.29) is 0 Å². The Labute approximate surface area is 169 Å². The van der Waals surface area contributed by atoms with E-state index in [2.05, 4.69) is 20.6 Å². The largest absolute Gasteiger partial charge is 0.357 e.